The summed E-state index contributed by atoms with van der Waals surface area (Å²) in [5.41, 5.74) is 1.66. The first-order valence-corrected chi connectivity index (χ1v) is 17.0. The molecule has 4 rings (SSSR count). The molecule has 1 aliphatic rings. The number of nitrogens with one attached hydrogen (secondary N) is 4. The van der Waals surface area contributed by atoms with Crippen LogP contribution in [-0.4, -0.2) is 59.4 Å². The summed E-state index contributed by atoms with van der Waals surface area (Å²) in [6.07, 6.45) is 0.796. The first-order chi connectivity index (χ1) is 22.6. The van der Waals surface area contributed by atoms with Crippen LogP contribution in [0.1, 0.15) is 51.2 Å². The Hall–Kier alpha value is -4.38. The molecule has 0 unspecified atom stereocenters. The molecule has 3 aromatic carbocycles. The molecule has 0 saturated carbocycles. The quantitative estimate of drug-likeness (QED) is 0.188. The van der Waals surface area contributed by atoms with E-state index in [1.807, 2.05) is 86.6 Å². The Kier molecular flexibility index (Phi) is 13.2. The number of hydrogen-bond acceptors (Lipinski definition) is 7. The second-order valence-electron chi connectivity index (χ2n) is 12.3. The molecule has 0 aliphatic carbocycles. The third-order valence-electron chi connectivity index (χ3n) is 8.03. The zero-order chi connectivity index (χ0) is 33.8. The lowest BCUT2D eigenvalue weighted by atomic mass is 9.97. The normalized spacial score (nSPS) is 16.2. The van der Waals surface area contributed by atoms with Crippen LogP contribution in [0.5, 0.6) is 0 Å². The summed E-state index contributed by atoms with van der Waals surface area (Å²) in [4.78, 5) is 64.7. The minimum absolute atomic E-state index is 0.0341. The molecule has 1 fully saturated rings. The molecule has 11 heteroatoms. The van der Waals surface area contributed by atoms with Crippen LogP contribution in [0.4, 0.5) is 4.79 Å². The minimum atomic E-state index is -1.04. The van der Waals surface area contributed by atoms with Crippen molar-refractivity contribution in [2.24, 2.45) is 11.8 Å². The van der Waals surface area contributed by atoms with Gasteiger partial charge in [0.05, 0.1) is 0 Å². The fourth-order valence-electron chi connectivity index (χ4n) is 5.68. The van der Waals surface area contributed by atoms with Gasteiger partial charge in [0.2, 0.25) is 17.7 Å². The average molecular weight is 661 g/mol. The van der Waals surface area contributed by atoms with E-state index in [0.717, 1.165) is 33.7 Å². The van der Waals surface area contributed by atoms with Crippen molar-refractivity contribution in [3.63, 3.8) is 0 Å². The summed E-state index contributed by atoms with van der Waals surface area (Å²) >= 11 is 1.09. The summed E-state index contributed by atoms with van der Waals surface area (Å²) in [5, 5.41) is 13.3. The van der Waals surface area contributed by atoms with E-state index < -0.39 is 36.0 Å². The molecular weight excluding hydrogens is 616 g/mol. The molecule has 10 nitrogen and oxygen atoms in total. The van der Waals surface area contributed by atoms with Crippen LogP contribution < -0.4 is 21.3 Å². The van der Waals surface area contributed by atoms with Crippen molar-refractivity contribution in [2.75, 3.05) is 12.3 Å². The SMILES string of the molecule is CC(=O)SC[C@H](C[C@@H]1CCNC1=O)NC(=O)[C@H](CC(C)C)NC(=O)[C@H](Cc1cccc2ccccc12)NC(=O)OCc1ccccc1. The molecular formula is C36H44N4O6S. The van der Waals surface area contributed by atoms with Gasteiger partial charge in [-0.1, -0.05) is 98.4 Å². The fraction of sp³-hybridized carbons (Fsp3) is 0.417. The monoisotopic (exact) mass is 660 g/mol. The van der Waals surface area contributed by atoms with Crippen molar-refractivity contribution in [3.8, 4) is 0 Å². The molecule has 1 heterocycles. The maximum absolute atomic E-state index is 13.9. The molecule has 0 spiro atoms. The second-order valence-corrected chi connectivity index (χ2v) is 13.5. The van der Waals surface area contributed by atoms with Crippen LogP contribution in [-0.2, 0) is 36.9 Å². The Morgan fingerprint density at radius 2 is 1.60 bits per heavy atom. The van der Waals surface area contributed by atoms with E-state index in [1.54, 1.807) is 0 Å². The first kappa shape index (κ1) is 35.5. The zero-order valence-electron chi connectivity index (χ0n) is 27.1. The van der Waals surface area contributed by atoms with E-state index >= 15 is 0 Å². The van der Waals surface area contributed by atoms with Gasteiger partial charge >= 0.3 is 6.09 Å². The molecule has 47 heavy (non-hydrogen) atoms. The molecule has 1 aliphatic heterocycles. The summed E-state index contributed by atoms with van der Waals surface area (Å²) in [7, 11) is 0. The van der Waals surface area contributed by atoms with Crippen molar-refractivity contribution >= 4 is 51.5 Å². The topological polar surface area (TPSA) is 143 Å². The number of carbonyl (C=O) groups is 5. The van der Waals surface area contributed by atoms with E-state index in [-0.39, 0.29) is 35.9 Å². The molecule has 3 aromatic rings. The van der Waals surface area contributed by atoms with Gasteiger partial charge in [0.15, 0.2) is 5.12 Å². The number of ether oxygens (including phenoxy) is 1. The molecule has 4 N–H and O–H groups in total. The van der Waals surface area contributed by atoms with Gasteiger partial charge in [0, 0.05) is 37.6 Å². The number of rotatable bonds is 15. The summed E-state index contributed by atoms with van der Waals surface area (Å²) in [5.74, 6) is -0.897. The lowest BCUT2D eigenvalue weighted by molar-refractivity contribution is -0.130. The van der Waals surface area contributed by atoms with Crippen LogP contribution in [0.2, 0.25) is 0 Å². The largest absolute Gasteiger partial charge is 0.445 e. The molecule has 0 radical (unpaired) electrons. The predicted molar refractivity (Wildman–Crippen MR) is 183 cm³/mol. The third-order valence-corrected chi connectivity index (χ3v) is 9.01. The smallest absolute Gasteiger partial charge is 0.408 e. The number of fused-ring (bicyclic) bond motifs is 1. The van der Waals surface area contributed by atoms with E-state index in [9.17, 15) is 24.0 Å². The van der Waals surface area contributed by atoms with Crippen molar-refractivity contribution < 1.29 is 28.7 Å². The molecule has 1 saturated heterocycles. The summed E-state index contributed by atoms with van der Waals surface area (Å²) < 4.78 is 5.45. The highest BCUT2D eigenvalue weighted by molar-refractivity contribution is 8.13. The van der Waals surface area contributed by atoms with Gasteiger partial charge in [-0.3, -0.25) is 19.2 Å². The zero-order valence-corrected chi connectivity index (χ0v) is 27.9. The van der Waals surface area contributed by atoms with Gasteiger partial charge in [-0.15, -0.1) is 0 Å². The molecule has 0 aromatic heterocycles. The molecule has 0 bridgehead atoms. The lowest BCUT2D eigenvalue weighted by Gasteiger charge is -2.27. The van der Waals surface area contributed by atoms with E-state index in [4.69, 9.17) is 4.74 Å². The summed E-state index contributed by atoms with van der Waals surface area (Å²) in [6.45, 7) is 5.97. The Morgan fingerprint density at radius 3 is 2.30 bits per heavy atom. The van der Waals surface area contributed by atoms with Crippen LogP contribution in [0, 0.1) is 11.8 Å². The Labute approximate surface area is 280 Å². The van der Waals surface area contributed by atoms with Gasteiger partial charge in [-0.2, -0.15) is 0 Å². The first-order valence-electron chi connectivity index (χ1n) is 16.0. The molecule has 250 valence electrons. The van der Waals surface area contributed by atoms with Gasteiger partial charge in [-0.25, -0.2) is 4.79 Å². The number of hydrogen-bond donors (Lipinski definition) is 4. The van der Waals surface area contributed by atoms with Gasteiger partial charge in [0.25, 0.3) is 0 Å². The van der Waals surface area contributed by atoms with Crippen LogP contribution in [0.25, 0.3) is 10.8 Å². The highest BCUT2D eigenvalue weighted by Crippen LogP contribution is 2.21. The number of amides is 4. The van der Waals surface area contributed by atoms with E-state index in [0.29, 0.717) is 31.6 Å². The summed E-state index contributed by atoms with van der Waals surface area (Å²) in [6, 6.07) is 20.4. The van der Waals surface area contributed by atoms with Crippen molar-refractivity contribution in [2.45, 2.75) is 71.2 Å². The maximum Gasteiger partial charge on any atom is 0.408 e. The average Bonchev–Trinajstić information content (AvgIpc) is 3.45. The van der Waals surface area contributed by atoms with E-state index in [2.05, 4.69) is 21.3 Å². The van der Waals surface area contributed by atoms with Crippen LogP contribution >= 0.6 is 11.8 Å². The van der Waals surface area contributed by atoms with E-state index in [1.165, 1.54) is 6.92 Å². The highest BCUT2D eigenvalue weighted by atomic mass is 32.2. The predicted octanol–water partition coefficient (Wildman–Crippen LogP) is 4.50. The van der Waals surface area contributed by atoms with Gasteiger partial charge in [-0.05, 0) is 47.1 Å². The van der Waals surface area contributed by atoms with Gasteiger partial charge in [0.1, 0.15) is 18.7 Å². The second kappa shape index (κ2) is 17.5. The number of thioether (sulfide) groups is 1. The lowest BCUT2D eigenvalue weighted by Crippen LogP contribution is -2.56. The number of alkyl carbamates (subject to hydrolysis) is 1. The van der Waals surface area contributed by atoms with Crippen molar-refractivity contribution in [1.29, 1.82) is 0 Å². The van der Waals surface area contributed by atoms with Crippen LogP contribution in [0.15, 0.2) is 72.8 Å². The van der Waals surface area contributed by atoms with Crippen molar-refractivity contribution in [3.05, 3.63) is 83.9 Å². The third kappa shape index (κ3) is 11.1. The van der Waals surface area contributed by atoms with Crippen molar-refractivity contribution in [1.82, 2.24) is 21.3 Å². The Bertz CT molecular complexity index is 1540. The Morgan fingerprint density at radius 1 is 0.894 bits per heavy atom. The van der Waals surface area contributed by atoms with Gasteiger partial charge < -0.3 is 26.0 Å². The minimum Gasteiger partial charge on any atom is -0.445 e. The molecule has 4 amide bonds. The fourth-order valence-corrected chi connectivity index (χ4v) is 6.34. The standard InChI is InChI=1S/C36H44N4O6S/c1-23(2)18-31(34(43)38-29(22-47-24(3)41)19-28-16-17-37-33(28)42)39-35(44)32(40-36(45)46-21-25-10-5-4-6-11-25)20-27-14-9-13-26-12-7-8-15-30(26)27/h4-15,23,28-29,31-32H,16-22H2,1-3H3,(H,37,42)(H,38,43)(H,39,44)(H,40,45)/t28-,29-,31-,32-/m0/s1. The number of benzene rings is 3. The Balaban J connectivity index is 1.52. The van der Waals surface area contributed by atoms with Crippen LogP contribution in [0.3, 0.4) is 0 Å². The number of carbonyl (C=O) groups excluding carboxylic acids is 5. The highest BCUT2D eigenvalue weighted by Gasteiger charge is 2.32. The molecule has 4 atom stereocenters. The maximum atomic E-state index is 13.9.